The molecule has 0 aromatic heterocycles. The average Bonchev–Trinajstić information content (AvgIpc) is 2.17. The second-order valence-corrected chi connectivity index (χ2v) is 4.26. The molecule has 1 aliphatic rings. The van der Waals surface area contributed by atoms with Crippen molar-refractivity contribution in [3.63, 3.8) is 0 Å². The van der Waals surface area contributed by atoms with E-state index in [4.69, 9.17) is 5.73 Å². The summed E-state index contributed by atoms with van der Waals surface area (Å²) in [4.78, 5) is 0. The molecule has 0 saturated carbocycles. The van der Waals surface area contributed by atoms with Gasteiger partial charge in [-0.25, -0.2) is 0 Å². The maximum atomic E-state index is 4.71. The van der Waals surface area contributed by atoms with Crippen molar-refractivity contribution in [1.29, 1.82) is 0 Å². The molecule has 0 unspecified atom stereocenters. The molecular weight excluding hydrogens is 421 g/mol. The van der Waals surface area contributed by atoms with Gasteiger partial charge in [0.25, 0.3) is 0 Å². The van der Waals surface area contributed by atoms with Gasteiger partial charge in [0.05, 0.1) is 0 Å². The van der Waals surface area contributed by atoms with E-state index in [1.807, 2.05) is 0 Å². The number of nitrogens with two attached hydrogens (primary N) is 1. The van der Waals surface area contributed by atoms with Crippen molar-refractivity contribution in [3.05, 3.63) is 35.4 Å². The van der Waals surface area contributed by atoms with Gasteiger partial charge in [-0.2, -0.15) is 0 Å². The second-order valence-electron chi connectivity index (χ2n) is 3.03. The van der Waals surface area contributed by atoms with E-state index in [0.717, 1.165) is 13.1 Å². The van der Waals surface area contributed by atoms with Crippen molar-refractivity contribution >= 4 is 55.4 Å². The van der Waals surface area contributed by atoms with Gasteiger partial charge in [0.15, 0.2) is 0 Å². The average molecular weight is 435 g/mol. The Bertz CT molecular complexity index is 289. The summed E-state index contributed by atoms with van der Waals surface area (Å²) in [5.74, 6) is 0. The van der Waals surface area contributed by atoms with Crippen molar-refractivity contribution in [3.8, 4) is 0 Å². The van der Waals surface area contributed by atoms with Crippen LogP contribution in [0, 0.1) is 0 Å². The number of nitrogens with one attached hydrogen (secondary N) is 1. The van der Waals surface area contributed by atoms with Crippen molar-refractivity contribution in [2.45, 2.75) is 13.0 Å². The number of hydrogen-bond donors (Lipinski definition) is 3. The van der Waals surface area contributed by atoms with Crippen LogP contribution in [-0.4, -0.2) is 37.1 Å². The van der Waals surface area contributed by atoms with E-state index in [9.17, 15) is 0 Å². The molecule has 1 aliphatic heterocycles. The van der Waals surface area contributed by atoms with Crippen LogP contribution in [0.15, 0.2) is 24.3 Å². The molecule has 2 nitrogen and oxygen atoms in total. The number of thiol groups is 1. The standard InChI is InChI=1S/C9H11N.CH3NS2.Bi/c1-2-4-9-7-10-6-5-8(9)3-1;2-1(3)4;/h1-4,10H,5-7H2;(H3,2,3,4);. The fourth-order valence-electron chi connectivity index (χ4n) is 1.42. The minimum atomic E-state index is 0. The van der Waals surface area contributed by atoms with Crippen LogP contribution in [0.3, 0.4) is 0 Å². The Kier molecular flexibility index (Phi) is 8.63. The maximum absolute atomic E-state index is 4.71. The first-order chi connectivity index (χ1) is 6.70. The second kappa shape index (κ2) is 8.45. The molecule has 1 aromatic rings. The third-order valence-electron chi connectivity index (χ3n) is 2.00. The molecule has 0 spiro atoms. The fraction of sp³-hybridized carbons (Fsp3) is 0.300. The van der Waals surface area contributed by atoms with Crippen LogP contribution in [0.5, 0.6) is 0 Å². The number of rotatable bonds is 0. The fourth-order valence-corrected chi connectivity index (χ4v) is 1.42. The minimum absolute atomic E-state index is 0. The van der Waals surface area contributed by atoms with Crippen molar-refractivity contribution < 1.29 is 0 Å². The van der Waals surface area contributed by atoms with Crippen LogP contribution >= 0.6 is 24.8 Å². The number of fused-ring (bicyclic) bond motifs is 1. The summed E-state index contributed by atoms with van der Waals surface area (Å²) in [6.07, 6.45) is 1.19. The molecule has 0 fully saturated rings. The van der Waals surface area contributed by atoms with Crippen LogP contribution in [0.25, 0.3) is 0 Å². The molecule has 2 rings (SSSR count). The Morgan fingerprint density at radius 1 is 1.33 bits per heavy atom. The third-order valence-corrected chi connectivity index (χ3v) is 2.00. The quantitative estimate of drug-likeness (QED) is 0.325. The molecule has 3 radical (unpaired) electrons. The predicted octanol–water partition coefficient (Wildman–Crippen LogP) is 1.11. The molecule has 0 saturated heterocycles. The summed E-state index contributed by atoms with van der Waals surface area (Å²) >= 11 is 7.65. The molecule has 0 amide bonds. The van der Waals surface area contributed by atoms with Gasteiger partial charge in [-0.15, -0.1) is 12.6 Å². The summed E-state index contributed by atoms with van der Waals surface area (Å²) in [7, 11) is 0. The van der Waals surface area contributed by atoms with E-state index in [0.29, 0.717) is 0 Å². The first-order valence-electron chi connectivity index (χ1n) is 4.46. The summed E-state index contributed by atoms with van der Waals surface area (Å²) < 4.78 is 0.194. The van der Waals surface area contributed by atoms with E-state index < -0.39 is 0 Å². The molecule has 0 atom stereocenters. The van der Waals surface area contributed by atoms with Gasteiger partial charge in [0.2, 0.25) is 0 Å². The minimum Gasteiger partial charge on any atom is -0.385 e. The predicted molar refractivity (Wildman–Crippen MR) is 73.4 cm³/mol. The smallest absolute Gasteiger partial charge is 0.128 e. The Morgan fingerprint density at radius 3 is 2.40 bits per heavy atom. The number of hydrogen-bond acceptors (Lipinski definition) is 2. The Labute approximate surface area is 121 Å². The van der Waals surface area contributed by atoms with E-state index in [2.05, 4.69) is 54.4 Å². The van der Waals surface area contributed by atoms with Crippen LogP contribution in [0.1, 0.15) is 11.1 Å². The summed E-state index contributed by atoms with van der Waals surface area (Å²) in [6, 6.07) is 8.63. The number of thiocarbonyl (C=S) groups is 1. The van der Waals surface area contributed by atoms with Gasteiger partial charge in [0.1, 0.15) is 4.32 Å². The molecule has 1 heterocycles. The van der Waals surface area contributed by atoms with E-state index in [1.54, 1.807) is 0 Å². The van der Waals surface area contributed by atoms with Gasteiger partial charge in [0, 0.05) is 32.7 Å². The largest absolute Gasteiger partial charge is 0.385 e. The molecule has 5 heteroatoms. The third kappa shape index (κ3) is 6.46. The van der Waals surface area contributed by atoms with Crippen LogP contribution < -0.4 is 11.1 Å². The normalized spacial score (nSPS) is 12.6. The molecular formula is C10H14BiN2S2. The zero-order valence-electron chi connectivity index (χ0n) is 8.31. The van der Waals surface area contributed by atoms with Crippen LogP contribution in [-0.2, 0) is 13.0 Å². The van der Waals surface area contributed by atoms with Crippen molar-refractivity contribution in [2.24, 2.45) is 5.73 Å². The van der Waals surface area contributed by atoms with E-state index in [-0.39, 0.29) is 30.5 Å². The SMILES string of the molecule is NC(=S)S.[Bi].c1ccc2c(c1)CCNC2. The molecule has 81 valence electrons. The van der Waals surface area contributed by atoms with E-state index >= 15 is 0 Å². The molecule has 0 bridgehead atoms. The summed E-state index contributed by atoms with van der Waals surface area (Å²) in [5, 5.41) is 3.34. The van der Waals surface area contributed by atoms with Gasteiger partial charge < -0.3 is 11.1 Å². The molecule has 1 aromatic carbocycles. The van der Waals surface area contributed by atoms with Crippen molar-refractivity contribution in [2.75, 3.05) is 6.54 Å². The van der Waals surface area contributed by atoms with Gasteiger partial charge in [-0.1, -0.05) is 36.5 Å². The Morgan fingerprint density at radius 2 is 1.87 bits per heavy atom. The van der Waals surface area contributed by atoms with Crippen LogP contribution in [0.2, 0.25) is 0 Å². The van der Waals surface area contributed by atoms with E-state index in [1.165, 1.54) is 17.5 Å². The Balaban J connectivity index is 0.000000346. The molecule has 15 heavy (non-hydrogen) atoms. The monoisotopic (exact) mass is 435 g/mol. The number of benzene rings is 1. The van der Waals surface area contributed by atoms with Crippen molar-refractivity contribution in [1.82, 2.24) is 5.32 Å². The first kappa shape index (κ1) is 15.3. The zero-order chi connectivity index (χ0) is 10.4. The van der Waals surface area contributed by atoms with Gasteiger partial charge in [-0.05, 0) is 24.1 Å². The van der Waals surface area contributed by atoms with Gasteiger partial charge in [-0.3, -0.25) is 0 Å². The summed E-state index contributed by atoms with van der Waals surface area (Å²) in [5.41, 5.74) is 7.69. The first-order valence-corrected chi connectivity index (χ1v) is 5.31. The maximum Gasteiger partial charge on any atom is 0.128 e. The zero-order valence-corrected chi connectivity index (χ0v) is 13.5. The molecule has 0 aliphatic carbocycles. The van der Waals surface area contributed by atoms with Crippen LogP contribution in [0.4, 0.5) is 0 Å². The molecule has 3 N–H and O–H groups in total. The Hall–Kier alpha value is 0.303. The van der Waals surface area contributed by atoms with Gasteiger partial charge >= 0.3 is 0 Å². The summed E-state index contributed by atoms with van der Waals surface area (Å²) in [6.45, 7) is 2.19. The topological polar surface area (TPSA) is 38.0 Å².